The van der Waals surface area contributed by atoms with E-state index in [1.807, 2.05) is 17.0 Å². The lowest BCUT2D eigenvalue weighted by molar-refractivity contribution is -0.129. The highest BCUT2D eigenvalue weighted by atomic mass is 32.2. The normalized spacial score (nSPS) is 27.2. The zero-order valence-electron chi connectivity index (χ0n) is 9.63. The van der Waals surface area contributed by atoms with Gasteiger partial charge in [-0.1, -0.05) is 18.2 Å². The number of carbonyl (C=O) groups excluding carboxylic acids is 1. The highest BCUT2D eigenvalue weighted by Crippen LogP contribution is 2.37. The van der Waals surface area contributed by atoms with Crippen LogP contribution in [0.15, 0.2) is 29.2 Å². The van der Waals surface area contributed by atoms with Crippen LogP contribution < -0.4 is 5.73 Å². The monoisotopic (exact) mass is 248 g/mol. The van der Waals surface area contributed by atoms with E-state index < -0.39 is 0 Å². The Bertz CT molecular complexity index is 424. The highest BCUT2D eigenvalue weighted by molar-refractivity contribution is 8.01. The molecule has 1 amide bonds. The molecule has 2 atom stereocenters. The molecule has 90 valence electrons. The molecule has 2 aliphatic heterocycles. The molecule has 0 aromatic heterocycles. The molecular formula is C13H16N2OS. The van der Waals surface area contributed by atoms with Gasteiger partial charge in [-0.2, -0.15) is 0 Å². The average molecular weight is 248 g/mol. The summed E-state index contributed by atoms with van der Waals surface area (Å²) in [5, 5.41) is 0.0673. The number of benzene rings is 1. The molecule has 2 unspecified atom stereocenters. The van der Waals surface area contributed by atoms with Crippen LogP contribution >= 0.6 is 11.8 Å². The number of rotatable bonds is 1. The van der Waals surface area contributed by atoms with Crippen molar-refractivity contribution < 1.29 is 4.79 Å². The minimum Gasteiger partial charge on any atom is -0.340 e. The van der Waals surface area contributed by atoms with Gasteiger partial charge in [0.25, 0.3) is 0 Å². The molecule has 4 heteroatoms. The van der Waals surface area contributed by atoms with Gasteiger partial charge in [-0.05, 0) is 24.5 Å². The third-order valence-corrected chi connectivity index (χ3v) is 4.76. The Morgan fingerprint density at radius 2 is 2.24 bits per heavy atom. The molecule has 2 heterocycles. The lowest BCUT2D eigenvalue weighted by atomic mass is 10.1. The number of nitrogens with zero attached hydrogens (tertiary/aromatic N) is 1. The van der Waals surface area contributed by atoms with E-state index >= 15 is 0 Å². The second kappa shape index (κ2) is 4.35. The number of thioether (sulfide) groups is 1. The first-order chi connectivity index (χ1) is 8.24. The summed E-state index contributed by atoms with van der Waals surface area (Å²) < 4.78 is 0. The van der Waals surface area contributed by atoms with Crippen LogP contribution in [0.5, 0.6) is 0 Å². The summed E-state index contributed by atoms with van der Waals surface area (Å²) >= 11 is 1.70. The second-order valence-electron chi connectivity index (χ2n) is 4.75. The fourth-order valence-corrected chi connectivity index (χ4v) is 3.79. The Kier molecular flexibility index (Phi) is 2.84. The third kappa shape index (κ3) is 2.07. The van der Waals surface area contributed by atoms with E-state index in [1.165, 1.54) is 10.5 Å². The lowest BCUT2D eigenvalue weighted by Crippen LogP contribution is -2.37. The summed E-state index contributed by atoms with van der Waals surface area (Å²) in [4.78, 5) is 15.5. The van der Waals surface area contributed by atoms with Crippen LogP contribution in [0.1, 0.15) is 12.0 Å². The maximum Gasteiger partial charge on any atom is 0.236 e. The Hall–Kier alpha value is -1.00. The molecular weight excluding hydrogens is 232 g/mol. The Morgan fingerprint density at radius 1 is 1.41 bits per heavy atom. The van der Waals surface area contributed by atoms with Crippen molar-refractivity contribution in [2.24, 2.45) is 5.73 Å². The van der Waals surface area contributed by atoms with Crippen LogP contribution in [0.3, 0.4) is 0 Å². The minimum absolute atomic E-state index is 0.0673. The van der Waals surface area contributed by atoms with Gasteiger partial charge in [0, 0.05) is 24.0 Å². The number of fused-ring (bicyclic) bond motifs is 1. The smallest absolute Gasteiger partial charge is 0.236 e. The number of carbonyl (C=O) groups is 1. The molecule has 2 N–H and O–H groups in total. The van der Waals surface area contributed by atoms with Gasteiger partial charge in [-0.3, -0.25) is 4.79 Å². The van der Waals surface area contributed by atoms with Crippen LogP contribution in [0.25, 0.3) is 0 Å². The molecule has 17 heavy (non-hydrogen) atoms. The first-order valence-corrected chi connectivity index (χ1v) is 6.91. The molecule has 0 bridgehead atoms. The van der Waals surface area contributed by atoms with E-state index in [0.717, 1.165) is 25.9 Å². The molecule has 1 aromatic carbocycles. The molecule has 1 fully saturated rings. The molecule has 0 spiro atoms. The third-order valence-electron chi connectivity index (χ3n) is 3.46. The lowest BCUT2D eigenvalue weighted by Gasteiger charge is -2.19. The van der Waals surface area contributed by atoms with E-state index in [1.54, 1.807) is 11.8 Å². The van der Waals surface area contributed by atoms with Gasteiger partial charge >= 0.3 is 0 Å². The summed E-state index contributed by atoms with van der Waals surface area (Å²) in [5.41, 5.74) is 7.15. The SMILES string of the molecule is NC1CCN(C(=O)C2Cc3ccccc3S2)C1. The van der Waals surface area contributed by atoms with E-state index in [0.29, 0.717) is 0 Å². The number of hydrogen-bond donors (Lipinski definition) is 1. The fraction of sp³-hybridized carbons (Fsp3) is 0.462. The van der Waals surface area contributed by atoms with E-state index in [-0.39, 0.29) is 17.2 Å². The van der Waals surface area contributed by atoms with Crippen LogP contribution in [0, 0.1) is 0 Å². The summed E-state index contributed by atoms with van der Waals surface area (Å²) in [7, 11) is 0. The standard InChI is InChI=1S/C13H16N2OS/c14-10-5-6-15(8-10)13(16)12-7-9-3-1-2-4-11(9)17-12/h1-4,10,12H,5-8,14H2. The number of amides is 1. The van der Waals surface area contributed by atoms with E-state index in [2.05, 4.69) is 12.1 Å². The highest BCUT2D eigenvalue weighted by Gasteiger charge is 2.33. The molecule has 3 nitrogen and oxygen atoms in total. The zero-order chi connectivity index (χ0) is 11.8. The molecule has 0 radical (unpaired) electrons. The zero-order valence-corrected chi connectivity index (χ0v) is 10.5. The largest absolute Gasteiger partial charge is 0.340 e. The first-order valence-electron chi connectivity index (χ1n) is 6.03. The predicted molar refractivity (Wildman–Crippen MR) is 69.0 cm³/mol. The van der Waals surface area contributed by atoms with Gasteiger partial charge in [-0.15, -0.1) is 11.8 Å². The van der Waals surface area contributed by atoms with Crippen molar-refractivity contribution in [3.05, 3.63) is 29.8 Å². The van der Waals surface area contributed by atoms with Crippen molar-refractivity contribution in [1.29, 1.82) is 0 Å². The maximum absolute atomic E-state index is 12.3. The van der Waals surface area contributed by atoms with Crippen LogP contribution in [0.4, 0.5) is 0 Å². The maximum atomic E-state index is 12.3. The van der Waals surface area contributed by atoms with Gasteiger partial charge in [-0.25, -0.2) is 0 Å². The van der Waals surface area contributed by atoms with E-state index in [9.17, 15) is 4.79 Å². The van der Waals surface area contributed by atoms with Crippen LogP contribution in [-0.4, -0.2) is 35.2 Å². The molecule has 3 rings (SSSR count). The fourth-order valence-electron chi connectivity index (χ4n) is 2.51. The second-order valence-corrected chi connectivity index (χ2v) is 6.00. The van der Waals surface area contributed by atoms with Gasteiger partial charge in [0.05, 0.1) is 5.25 Å². The number of nitrogens with two attached hydrogens (primary N) is 1. The van der Waals surface area contributed by atoms with Crippen LogP contribution in [-0.2, 0) is 11.2 Å². The number of likely N-dealkylation sites (tertiary alicyclic amines) is 1. The van der Waals surface area contributed by atoms with Crippen molar-refractivity contribution in [3.8, 4) is 0 Å². The molecule has 2 aliphatic rings. The summed E-state index contributed by atoms with van der Waals surface area (Å²) in [6, 6.07) is 8.46. The Morgan fingerprint density at radius 3 is 2.94 bits per heavy atom. The predicted octanol–water partition coefficient (Wildman–Crippen LogP) is 1.26. The summed E-state index contributed by atoms with van der Waals surface area (Å²) in [6.45, 7) is 1.56. The Balaban J connectivity index is 1.70. The molecule has 0 aliphatic carbocycles. The first kappa shape index (κ1) is 11.1. The minimum atomic E-state index is 0.0673. The van der Waals surface area contributed by atoms with Gasteiger partial charge in [0.2, 0.25) is 5.91 Å². The van der Waals surface area contributed by atoms with Gasteiger partial charge in [0.1, 0.15) is 0 Å². The quantitative estimate of drug-likeness (QED) is 0.814. The molecule has 1 saturated heterocycles. The van der Waals surface area contributed by atoms with Crippen molar-refractivity contribution >= 4 is 17.7 Å². The van der Waals surface area contributed by atoms with Crippen LogP contribution in [0.2, 0.25) is 0 Å². The van der Waals surface area contributed by atoms with Crippen molar-refractivity contribution in [1.82, 2.24) is 4.90 Å². The Labute approximate surface area is 105 Å². The molecule has 1 aromatic rings. The molecule has 0 saturated carbocycles. The topological polar surface area (TPSA) is 46.3 Å². The van der Waals surface area contributed by atoms with Crippen molar-refractivity contribution in [2.75, 3.05) is 13.1 Å². The van der Waals surface area contributed by atoms with Gasteiger partial charge < -0.3 is 10.6 Å². The van der Waals surface area contributed by atoms with E-state index in [4.69, 9.17) is 5.73 Å². The van der Waals surface area contributed by atoms with Crippen molar-refractivity contribution in [2.45, 2.75) is 29.0 Å². The number of hydrogen-bond acceptors (Lipinski definition) is 3. The summed E-state index contributed by atoms with van der Waals surface area (Å²) in [6.07, 6.45) is 1.81. The average Bonchev–Trinajstić information content (AvgIpc) is 2.93. The van der Waals surface area contributed by atoms with Gasteiger partial charge in [0.15, 0.2) is 0 Å². The summed E-state index contributed by atoms with van der Waals surface area (Å²) in [5.74, 6) is 0.263. The van der Waals surface area contributed by atoms with Crippen molar-refractivity contribution in [3.63, 3.8) is 0 Å².